The average Bonchev–Trinajstić information content (AvgIpc) is 2.37. The molecule has 0 saturated heterocycles. The molecule has 0 aromatic carbocycles. The highest BCUT2D eigenvalue weighted by Gasteiger charge is 2.40. The van der Waals surface area contributed by atoms with Gasteiger partial charge < -0.3 is 5.11 Å². The van der Waals surface area contributed by atoms with Crippen molar-refractivity contribution in [3.8, 4) is 0 Å². The first kappa shape index (κ1) is 16.6. The molecule has 0 bridgehead atoms. The van der Waals surface area contributed by atoms with E-state index in [1.54, 1.807) is 31.5 Å². The Hall–Kier alpha value is -1.47. The largest absolute Gasteiger partial charge is 0.480 e. The van der Waals surface area contributed by atoms with E-state index in [1.165, 1.54) is 13.8 Å². The van der Waals surface area contributed by atoms with E-state index in [9.17, 15) is 18.3 Å². The van der Waals surface area contributed by atoms with E-state index in [0.29, 0.717) is 6.42 Å². The van der Waals surface area contributed by atoms with E-state index in [2.05, 4.69) is 4.98 Å². The Morgan fingerprint density at radius 2 is 1.90 bits per heavy atom. The maximum atomic E-state index is 12.3. The van der Waals surface area contributed by atoms with Crippen molar-refractivity contribution >= 4 is 16.0 Å². The third-order valence-corrected chi connectivity index (χ3v) is 5.27. The maximum absolute atomic E-state index is 12.3. The maximum Gasteiger partial charge on any atom is 0.324 e. The van der Waals surface area contributed by atoms with Gasteiger partial charge in [-0.1, -0.05) is 6.92 Å². The minimum Gasteiger partial charge on any atom is -0.480 e. The lowest BCUT2D eigenvalue weighted by atomic mass is 10.1. The number of aliphatic carboxylic acids is 1. The summed E-state index contributed by atoms with van der Waals surface area (Å²) < 4.78 is 25.7. The van der Waals surface area contributed by atoms with Crippen LogP contribution in [-0.2, 0) is 21.2 Å². The molecule has 1 heterocycles. The molecule has 1 aromatic heterocycles. The Morgan fingerprint density at radius 3 is 2.35 bits per heavy atom. The van der Waals surface area contributed by atoms with Crippen LogP contribution in [0.25, 0.3) is 0 Å². The van der Waals surface area contributed by atoms with Crippen molar-refractivity contribution in [1.29, 1.82) is 0 Å². The van der Waals surface area contributed by atoms with Gasteiger partial charge in [0.2, 0.25) is 10.0 Å². The summed E-state index contributed by atoms with van der Waals surface area (Å²) in [6.07, 6.45) is 3.53. The van der Waals surface area contributed by atoms with Crippen LogP contribution in [0, 0.1) is 0 Å². The zero-order valence-corrected chi connectivity index (χ0v) is 12.7. The van der Waals surface area contributed by atoms with Crippen LogP contribution in [0.5, 0.6) is 0 Å². The Bertz CT molecular complexity index is 555. The minimum atomic E-state index is -3.64. The number of carboxylic acids is 1. The molecule has 0 amide bonds. The van der Waals surface area contributed by atoms with Crippen molar-refractivity contribution in [1.82, 2.24) is 9.29 Å². The third-order valence-electron chi connectivity index (χ3n) is 3.17. The first-order chi connectivity index (χ1) is 9.21. The summed E-state index contributed by atoms with van der Waals surface area (Å²) >= 11 is 0. The number of hydrogen-bond acceptors (Lipinski definition) is 4. The average molecular weight is 300 g/mol. The van der Waals surface area contributed by atoms with Crippen LogP contribution in [0.2, 0.25) is 0 Å². The zero-order chi connectivity index (χ0) is 15.4. The number of pyridine rings is 1. The number of hydrogen-bond donors (Lipinski definition) is 1. The second-order valence-electron chi connectivity index (χ2n) is 4.95. The molecule has 0 unspecified atom stereocenters. The molecular weight excluding hydrogens is 280 g/mol. The molecule has 0 aliphatic rings. The van der Waals surface area contributed by atoms with Gasteiger partial charge in [0.25, 0.3) is 0 Å². The molecule has 0 spiro atoms. The van der Waals surface area contributed by atoms with Gasteiger partial charge in [0.1, 0.15) is 5.54 Å². The lowest BCUT2D eigenvalue weighted by Crippen LogP contribution is -2.53. The van der Waals surface area contributed by atoms with Gasteiger partial charge in [0.05, 0.1) is 5.75 Å². The standard InChI is InChI=1S/C13H20N2O4S/c1-4-15(13(2,3)12(16)17)20(18,19)10-7-11-5-8-14-9-6-11/h5-6,8-9H,4,7,10H2,1-3H3,(H,16,17). The second-order valence-corrected chi connectivity index (χ2v) is 6.96. The first-order valence-corrected chi connectivity index (χ1v) is 7.95. The van der Waals surface area contributed by atoms with Crippen LogP contribution in [0.1, 0.15) is 26.3 Å². The Balaban J connectivity index is 2.89. The molecule has 112 valence electrons. The molecule has 1 rings (SSSR count). The minimum absolute atomic E-state index is 0.123. The number of nitrogens with zero attached hydrogens (tertiary/aromatic N) is 2. The normalized spacial score (nSPS) is 12.6. The van der Waals surface area contributed by atoms with Crippen molar-refractivity contribution in [2.45, 2.75) is 32.7 Å². The Kier molecular flexibility index (Phi) is 5.24. The highest BCUT2D eigenvalue weighted by molar-refractivity contribution is 7.89. The molecule has 0 aliphatic heterocycles. The summed E-state index contributed by atoms with van der Waals surface area (Å²) in [5.74, 6) is -1.28. The van der Waals surface area contributed by atoms with Crippen molar-refractivity contribution in [2.75, 3.05) is 12.3 Å². The highest BCUT2D eigenvalue weighted by atomic mass is 32.2. The van der Waals surface area contributed by atoms with E-state index in [4.69, 9.17) is 0 Å². The number of likely N-dealkylation sites (N-methyl/N-ethyl adjacent to an activating group) is 1. The number of carboxylic acid groups (broad SMARTS) is 1. The fourth-order valence-corrected chi connectivity index (χ4v) is 3.83. The molecule has 0 radical (unpaired) electrons. The SMILES string of the molecule is CCN(C(C)(C)C(=O)O)S(=O)(=O)CCc1ccncc1. The van der Waals surface area contributed by atoms with Gasteiger partial charge in [0.15, 0.2) is 0 Å². The number of aromatic nitrogens is 1. The van der Waals surface area contributed by atoms with Gasteiger partial charge >= 0.3 is 5.97 Å². The van der Waals surface area contributed by atoms with Crippen LogP contribution in [-0.4, -0.2) is 46.6 Å². The van der Waals surface area contributed by atoms with E-state index >= 15 is 0 Å². The quantitative estimate of drug-likeness (QED) is 0.816. The smallest absolute Gasteiger partial charge is 0.324 e. The molecule has 20 heavy (non-hydrogen) atoms. The Labute approximate surface area is 119 Å². The van der Waals surface area contributed by atoms with Gasteiger partial charge in [-0.25, -0.2) is 8.42 Å². The molecule has 7 heteroatoms. The summed E-state index contributed by atoms with van der Waals surface area (Å²) in [6, 6.07) is 3.49. The molecule has 0 fully saturated rings. The van der Waals surface area contributed by atoms with Gasteiger partial charge in [-0.15, -0.1) is 0 Å². The van der Waals surface area contributed by atoms with Gasteiger partial charge in [-0.3, -0.25) is 9.78 Å². The summed E-state index contributed by atoms with van der Waals surface area (Å²) in [4.78, 5) is 15.1. The summed E-state index contributed by atoms with van der Waals surface area (Å²) in [5, 5.41) is 9.18. The summed E-state index contributed by atoms with van der Waals surface area (Å²) in [7, 11) is -3.64. The molecule has 0 atom stereocenters. The van der Waals surface area contributed by atoms with Crippen LogP contribution >= 0.6 is 0 Å². The van der Waals surface area contributed by atoms with Crippen LogP contribution in [0.4, 0.5) is 0 Å². The van der Waals surface area contributed by atoms with E-state index < -0.39 is 21.5 Å². The third kappa shape index (κ3) is 3.77. The predicted molar refractivity (Wildman–Crippen MR) is 75.8 cm³/mol. The predicted octanol–water partition coefficient (Wildman–Crippen LogP) is 1.14. The van der Waals surface area contributed by atoms with E-state index in [1.807, 2.05) is 0 Å². The van der Waals surface area contributed by atoms with Crippen molar-refractivity contribution in [3.05, 3.63) is 30.1 Å². The van der Waals surface area contributed by atoms with Gasteiger partial charge in [-0.05, 0) is 38.0 Å². The Morgan fingerprint density at radius 1 is 1.35 bits per heavy atom. The molecular formula is C13H20N2O4S. The van der Waals surface area contributed by atoms with Crippen molar-refractivity contribution in [2.24, 2.45) is 0 Å². The fraction of sp³-hybridized carbons (Fsp3) is 0.538. The summed E-state index contributed by atoms with van der Waals surface area (Å²) in [5.41, 5.74) is -0.598. The zero-order valence-electron chi connectivity index (χ0n) is 11.9. The molecule has 0 aliphatic carbocycles. The fourth-order valence-electron chi connectivity index (χ4n) is 1.95. The monoisotopic (exact) mass is 300 g/mol. The van der Waals surface area contributed by atoms with Crippen molar-refractivity contribution < 1.29 is 18.3 Å². The molecule has 6 nitrogen and oxygen atoms in total. The molecule has 0 saturated carbocycles. The lowest BCUT2D eigenvalue weighted by molar-refractivity contribution is -0.146. The van der Waals surface area contributed by atoms with E-state index in [0.717, 1.165) is 9.87 Å². The number of rotatable bonds is 7. The molecule has 1 aromatic rings. The van der Waals surface area contributed by atoms with Crippen LogP contribution < -0.4 is 0 Å². The topological polar surface area (TPSA) is 87.6 Å². The van der Waals surface area contributed by atoms with Crippen LogP contribution in [0.15, 0.2) is 24.5 Å². The molecule has 1 N–H and O–H groups in total. The van der Waals surface area contributed by atoms with Crippen LogP contribution in [0.3, 0.4) is 0 Å². The number of aryl methyl sites for hydroxylation is 1. The summed E-state index contributed by atoms with van der Waals surface area (Å²) in [6.45, 7) is 4.54. The van der Waals surface area contributed by atoms with Gasteiger partial charge in [0, 0.05) is 18.9 Å². The van der Waals surface area contributed by atoms with Crippen molar-refractivity contribution in [3.63, 3.8) is 0 Å². The van der Waals surface area contributed by atoms with Gasteiger partial charge in [-0.2, -0.15) is 4.31 Å². The number of carbonyl (C=O) groups is 1. The highest BCUT2D eigenvalue weighted by Crippen LogP contribution is 2.20. The number of sulfonamides is 1. The lowest BCUT2D eigenvalue weighted by Gasteiger charge is -2.33. The van der Waals surface area contributed by atoms with E-state index in [-0.39, 0.29) is 12.3 Å². The first-order valence-electron chi connectivity index (χ1n) is 6.34. The second kappa shape index (κ2) is 6.32.